The third kappa shape index (κ3) is 6.41. The maximum Gasteiger partial charge on any atom is 0.261 e. The summed E-state index contributed by atoms with van der Waals surface area (Å²) >= 11 is 0. The Hall–Kier alpha value is -2.82. The van der Waals surface area contributed by atoms with E-state index >= 15 is 0 Å². The number of nitrogens with zero attached hydrogens (tertiary/aromatic N) is 1. The molecule has 0 saturated carbocycles. The molecule has 2 amide bonds. The molecule has 0 fully saturated rings. The van der Waals surface area contributed by atoms with E-state index in [0.717, 1.165) is 17.5 Å². The lowest BCUT2D eigenvalue weighted by atomic mass is 10.1. The van der Waals surface area contributed by atoms with Crippen molar-refractivity contribution in [1.82, 2.24) is 10.2 Å². The van der Waals surface area contributed by atoms with Crippen LogP contribution in [0, 0.1) is 6.92 Å². The van der Waals surface area contributed by atoms with E-state index < -0.39 is 6.04 Å². The highest BCUT2D eigenvalue weighted by molar-refractivity contribution is 5.88. The molecule has 0 aliphatic heterocycles. The molecule has 0 aliphatic rings. The summed E-state index contributed by atoms with van der Waals surface area (Å²) < 4.78 is 5.72. The third-order valence-corrected chi connectivity index (χ3v) is 4.65. The molecule has 5 nitrogen and oxygen atoms in total. The van der Waals surface area contributed by atoms with Gasteiger partial charge in [-0.1, -0.05) is 55.5 Å². The van der Waals surface area contributed by atoms with Crippen LogP contribution in [0.25, 0.3) is 0 Å². The monoisotopic (exact) mass is 382 g/mol. The Morgan fingerprint density at radius 2 is 1.75 bits per heavy atom. The molecule has 2 aromatic rings. The molecule has 2 rings (SSSR count). The highest BCUT2D eigenvalue weighted by atomic mass is 16.5. The molecule has 2 aromatic carbocycles. The van der Waals surface area contributed by atoms with Gasteiger partial charge in [0, 0.05) is 13.1 Å². The van der Waals surface area contributed by atoms with E-state index in [2.05, 4.69) is 5.32 Å². The van der Waals surface area contributed by atoms with Gasteiger partial charge < -0.3 is 15.0 Å². The molecule has 1 unspecified atom stereocenters. The minimum atomic E-state index is -0.553. The van der Waals surface area contributed by atoms with Gasteiger partial charge in [0.2, 0.25) is 5.91 Å². The number of carbonyl (C=O) groups excluding carboxylic acids is 2. The summed E-state index contributed by atoms with van der Waals surface area (Å²) in [6.45, 7) is 6.67. The summed E-state index contributed by atoms with van der Waals surface area (Å²) in [5.74, 6) is 0.347. The SMILES string of the molecule is CCCNC(=O)C(C)N(CCc1ccccc1)C(=O)COc1ccccc1C. The van der Waals surface area contributed by atoms with E-state index in [0.29, 0.717) is 25.3 Å². The maximum atomic E-state index is 12.9. The van der Waals surface area contributed by atoms with Crippen molar-refractivity contribution in [2.75, 3.05) is 19.7 Å². The molecule has 0 heterocycles. The van der Waals surface area contributed by atoms with Gasteiger partial charge in [-0.3, -0.25) is 9.59 Å². The highest BCUT2D eigenvalue weighted by Gasteiger charge is 2.25. The van der Waals surface area contributed by atoms with E-state index in [1.54, 1.807) is 11.8 Å². The molecule has 0 saturated heterocycles. The molecule has 1 atom stereocenters. The number of nitrogens with one attached hydrogen (secondary N) is 1. The number of amides is 2. The quantitative estimate of drug-likeness (QED) is 0.685. The Bertz CT molecular complexity index is 761. The van der Waals surface area contributed by atoms with E-state index in [9.17, 15) is 9.59 Å². The van der Waals surface area contributed by atoms with Gasteiger partial charge in [-0.15, -0.1) is 0 Å². The lowest BCUT2D eigenvalue weighted by molar-refractivity contribution is -0.141. The number of rotatable bonds is 10. The number of ether oxygens (including phenoxy) is 1. The summed E-state index contributed by atoms with van der Waals surface area (Å²) in [5, 5.41) is 2.87. The Morgan fingerprint density at radius 1 is 1.07 bits per heavy atom. The van der Waals surface area contributed by atoms with Crippen LogP contribution in [0.4, 0.5) is 0 Å². The summed E-state index contributed by atoms with van der Waals surface area (Å²) in [6.07, 6.45) is 1.54. The minimum Gasteiger partial charge on any atom is -0.484 e. The first-order valence-corrected chi connectivity index (χ1v) is 9.82. The summed E-state index contributed by atoms with van der Waals surface area (Å²) in [5.41, 5.74) is 2.10. The first kappa shape index (κ1) is 21.5. The molecular formula is C23H30N2O3. The van der Waals surface area contributed by atoms with Gasteiger partial charge in [-0.2, -0.15) is 0 Å². The van der Waals surface area contributed by atoms with Crippen LogP contribution in [0.2, 0.25) is 0 Å². The van der Waals surface area contributed by atoms with Crippen LogP contribution in [0.15, 0.2) is 54.6 Å². The van der Waals surface area contributed by atoms with Gasteiger partial charge in [0.25, 0.3) is 5.91 Å². The lowest BCUT2D eigenvalue weighted by Gasteiger charge is -2.28. The average Bonchev–Trinajstić information content (AvgIpc) is 2.72. The highest BCUT2D eigenvalue weighted by Crippen LogP contribution is 2.16. The Kier molecular flexibility index (Phi) is 8.53. The number of benzene rings is 2. The Balaban J connectivity index is 2.05. The van der Waals surface area contributed by atoms with Crippen molar-refractivity contribution >= 4 is 11.8 Å². The maximum absolute atomic E-state index is 12.9. The minimum absolute atomic E-state index is 0.0922. The summed E-state index contributed by atoms with van der Waals surface area (Å²) in [6, 6.07) is 17.0. The van der Waals surface area contributed by atoms with Crippen LogP contribution in [-0.4, -0.2) is 42.5 Å². The molecule has 5 heteroatoms. The first-order valence-electron chi connectivity index (χ1n) is 9.82. The predicted molar refractivity (Wildman–Crippen MR) is 111 cm³/mol. The third-order valence-electron chi connectivity index (χ3n) is 4.65. The van der Waals surface area contributed by atoms with E-state index in [-0.39, 0.29) is 18.4 Å². The normalized spacial score (nSPS) is 11.5. The fourth-order valence-electron chi connectivity index (χ4n) is 2.91. The smallest absolute Gasteiger partial charge is 0.261 e. The Labute approximate surface area is 167 Å². The fraction of sp³-hybridized carbons (Fsp3) is 0.391. The van der Waals surface area contributed by atoms with Crippen molar-refractivity contribution in [1.29, 1.82) is 0 Å². The second-order valence-corrected chi connectivity index (χ2v) is 6.84. The molecular weight excluding hydrogens is 352 g/mol. The second-order valence-electron chi connectivity index (χ2n) is 6.84. The molecule has 0 aromatic heterocycles. The largest absolute Gasteiger partial charge is 0.484 e. The van der Waals surface area contributed by atoms with Crippen LogP contribution < -0.4 is 10.1 Å². The zero-order chi connectivity index (χ0) is 20.4. The van der Waals surface area contributed by atoms with Gasteiger partial charge >= 0.3 is 0 Å². The molecule has 28 heavy (non-hydrogen) atoms. The van der Waals surface area contributed by atoms with Crippen LogP contribution in [0.5, 0.6) is 5.75 Å². The zero-order valence-electron chi connectivity index (χ0n) is 17.0. The fourth-order valence-corrected chi connectivity index (χ4v) is 2.91. The Morgan fingerprint density at radius 3 is 2.43 bits per heavy atom. The van der Waals surface area contributed by atoms with E-state index in [1.807, 2.05) is 68.4 Å². The van der Waals surface area contributed by atoms with Gasteiger partial charge in [0.05, 0.1) is 0 Å². The van der Waals surface area contributed by atoms with Crippen LogP contribution in [0.3, 0.4) is 0 Å². The van der Waals surface area contributed by atoms with Crippen molar-refractivity contribution in [3.8, 4) is 5.75 Å². The van der Waals surface area contributed by atoms with Crippen molar-refractivity contribution in [2.45, 2.75) is 39.7 Å². The van der Waals surface area contributed by atoms with E-state index in [4.69, 9.17) is 4.74 Å². The van der Waals surface area contributed by atoms with Gasteiger partial charge in [0.15, 0.2) is 6.61 Å². The van der Waals surface area contributed by atoms with Crippen molar-refractivity contribution in [3.63, 3.8) is 0 Å². The molecule has 150 valence electrons. The number of hydrogen-bond acceptors (Lipinski definition) is 3. The van der Waals surface area contributed by atoms with Crippen molar-refractivity contribution in [2.24, 2.45) is 0 Å². The molecule has 0 aliphatic carbocycles. The molecule has 1 N–H and O–H groups in total. The zero-order valence-corrected chi connectivity index (χ0v) is 17.0. The van der Waals surface area contributed by atoms with E-state index in [1.165, 1.54) is 0 Å². The van der Waals surface area contributed by atoms with Gasteiger partial charge in [0.1, 0.15) is 11.8 Å². The van der Waals surface area contributed by atoms with Crippen molar-refractivity contribution in [3.05, 3.63) is 65.7 Å². The van der Waals surface area contributed by atoms with Crippen LogP contribution in [-0.2, 0) is 16.0 Å². The summed E-state index contributed by atoms with van der Waals surface area (Å²) in [7, 11) is 0. The molecule has 0 radical (unpaired) electrons. The van der Waals surface area contributed by atoms with Crippen LogP contribution >= 0.6 is 0 Å². The lowest BCUT2D eigenvalue weighted by Crippen LogP contribution is -2.50. The summed E-state index contributed by atoms with van der Waals surface area (Å²) in [4.78, 5) is 26.9. The molecule has 0 spiro atoms. The number of para-hydroxylation sites is 1. The van der Waals surface area contributed by atoms with Crippen molar-refractivity contribution < 1.29 is 14.3 Å². The predicted octanol–water partition coefficient (Wildman–Crippen LogP) is 3.36. The number of aryl methyl sites for hydroxylation is 1. The number of carbonyl (C=O) groups is 2. The van der Waals surface area contributed by atoms with Gasteiger partial charge in [-0.05, 0) is 43.9 Å². The topological polar surface area (TPSA) is 58.6 Å². The molecule has 0 bridgehead atoms. The average molecular weight is 383 g/mol. The number of hydrogen-bond donors (Lipinski definition) is 1. The first-order chi connectivity index (χ1) is 13.5. The van der Waals surface area contributed by atoms with Crippen LogP contribution in [0.1, 0.15) is 31.4 Å². The second kappa shape index (κ2) is 11.1. The van der Waals surface area contributed by atoms with Gasteiger partial charge in [-0.25, -0.2) is 0 Å². The standard InChI is InChI=1S/C23H30N2O3/c1-4-15-24-23(27)19(3)25(16-14-20-11-6-5-7-12-20)22(26)17-28-21-13-9-8-10-18(21)2/h5-13,19H,4,14-17H2,1-3H3,(H,24,27).